The lowest BCUT2D eigenvalue weighted by Gasteiger charge is -2.34. The van der Waals surface area contributed by atoms with Crippen molar-refractivity contribution in [1.29, 1.82) is 0 Å². The summed E-state index contributed by atoms with van der Waals surface area (Å²) in [7, 11) is -2.34. The molecule has 1 N–H and O–H groups in total. The molecule has 0 aliphatic carbocycles. The molecular formula is C30H36ClN3O5S. The summed E-state index contributed by atoms with van der Waals surface area (Å²) in [6.45, 7) is 3.92. The van der Waals surface area contributed by atoms with Gasteiger partial charge in [-0.15, -0.1) is 0 Å². The molecule has 1 unspecified atom stereocenters. The number of nitrogens with zero attached hydrogens (tertiary/aromatic N) is 2. The number of ether oxygens (including phenoxy) is 1. The van der Waals surface area contributed by atoms with Gasteiger partial charge >= 0.3 is 0 Å². The molecule has 0 spiro atoms. The number of nitrogens with one attached hydrogen (secondary N) is 1. The molecule has 0 aromatic heterocycles. The van der Waals surface area contributed by atoms with Crippen LogP contribution in [0.5, 0.6) is 5.75 Å². The number of sulfonamides is 1. The maximum Gasteiger partial charge on any atom is 0.244 e. The maximum atomic E-state index is 14.1. The van der Waals surface area contributed by atoms with Gasteiger partial charge in [0.25, 0.3) is 0 Å². The van der Waals surface area contributed by atoms with Crippen LogP contribution in [-0.2, 0) is 32.6 Å². The third-order valence-corrected chi connectivity index (χ3v) is 7.80. The molecule has 40 heavy (non-hydrogen) atoms. The van der Waals surface area contributed by atoms with Gasteiger partial charge in [-0.2, -0.15) is 0 Å². The van der Waals surface area contributed by atoms with Crippen molar-refractivity contribution in [2.75, 3.05) is 30.8 Å². The van der Waals surface area contributed by atoms with E-state index in [1.54, 1.807) is 48.5 Å². The van der Waals surface area contributed by atoms with E-state index in [1.807, 2.05) is 44.2 Å². The molecule has 3 rings (SSSR count). The number of hydrogen-bond acceptors (Lipinski definition) is 5. The number of carbonyl (C=O) groups is 2. The summed E-state index contributed by atoms with van der Waals surface area (Å²) >= 11 is 6.47. The lowest BCUT2D eigenvalue weighted by atomic mass is 10.0. The highest BCUT2D eigenvalue weighted by atomic mass is 35.5. The minimum Gasteiger partial charge on any atom is -0.497 e. The van der Waals surface area contributed by atoms with Crippen LogP contribution in [0.1, 0.15) is 25.0 Å². The van der Waals surface area contributed by atoms with Crippen molar-refractivity contribution < 1.29 is 22.7 Å². The van der Waals surface area contributed by atoms with Crippen molar-refractivity contribution in [3.05, 3.63) is 95.0 Å². The summed E-state index contributed by atoms with van der Waals surface area (Å²) in [5.41, 5.74) is 1.81. The van der Waals surface area contributed by atoms with Crippen molar-refractivity contribution >= 4 is 39.1 Å². The molecule has 0 aliphatic rings. The Morgan fingerprint density at radius 1 is 0.950 bits per heavy atom. The van der Waals surface area contributed by atoms with E-state index in [-0.39, 0.29) is 24.8 Å². The topological polar surface area (TPSA) is 96.0 Å². The molecule has 0 saturated carbocycles. The van der Waals surface area contributed by atoms with E-state index in [0.29, 0.717) is 28.6 Å². The van der Waals surface area contributed by atoms with Gasteiger partial charge in [0, 0.05) is 24.5 Å². The second-order valence-corrected chi connectivity index (χ2v) is 12.2. The quantitative estimate of drug-likeness (QED) is 0.318. The summed E-state index contributed by atoms with van der Waals surface area (Å²) in [5.74, 6) is -0.117. The van der Waals surface area contributed by atoms with E-state index in [2.05, 4.69) is 5.32 Å². The highest BCUT2D eigenvalue weighted by Crippen LogP contribution is 2.24. The molecule has 10 heteroatoms. The zero-order chi connectivity index (χ0) is 29.3. The monoisotopic (exact) mass is 585 g/mol. The molecule has 0 aliphatic heterocycles. The van der Waals surface area contributed by atoms with Crippen molar-refractivity contribution in [3.63, 3.8) is 0 Å². The Morgan fingerprint density at radius 2 is 1.57 bits per heavy atom. The highest BCUT2D eigenvalue weighted by Gasteiger charge is 2.33. The Balaban J connectivity index is 2.04. The first-order valence-electron chi connectivity index (χ1n) is 13.0. The molecule has 0 bridgehead atoms. The van der Waals surface area contributed by atoms with Crippen molar-refractivity contribution in [1.82, 2.24) is 10.2 Å². The molecule has 3 aromatic carbocycles. The molecule has 0 saturated heterocycles. The van der Waals surface area contributed by atoms with Gasteiger partial charge in [0.2, 0.25) is 21.8 Å². The molecule has 0 heterocycles. The molecule has 3 aromatic rings. The van der Waals surface area contributed by atoms with Gasteiger partial charge in [-0.1, -0.05) is 74.0 Å². The number of benzene rings is 3. The van der Waals surface area contributed by atoms with Crippen molar-refractivity contribution in [2.45, 2.75) is 32.9 Å². The number of halogens is 1. The average Bonchev–Trinajstić information content (AvgIpc) is 2.93. The van der Waals surface area contributed by atoms with Crippen LogP contribution >= 0.6 is 11.6 Å². The van der Waals surface area contributed by atoms with Crippen LogP contribution in [0.15, 0.2) is 78.9 Å². The third-order valence-electron chi connectivity index (χ3n) is 6.29. The highest BCUT2D eigenvalue weighted by molar-refractivity contribution is 7.92. The fraction of sp³-hybridized carbons (Fsp3) is 0.333. The molecule has 0 radical (unpaired) electrons. The van der Waals surface area contributed by atoms with Gasteiger partial charge in [0.1, 0.15) is 18.3 Å². The summed E-state index contributed by atoms with van der Waals surface area (Å²) < 4.78 is 31.9. The Labute approximate surface area is 241 Å². The van der Waals surface area contributed by atoms with Crippen LogP contribution in [-0.4, -0.2) is 57.6 Å². The number of rotatable bonds is 13. The van der Waals surface area contributed by atoms with Gasteiger partial charge < -0.3 is 15.0 Å². The van der Waals surface area contributed by atoms with Crippen molar-refractivity contribution in [2.24, 2.45) is 5.92 Å². The van der Waals surface area contributed by atoms with Crippen LogP contribution in [0.3, 0.4) is 0 Å². The first-order valence-corrected chi connectivity index (χ1v) is 15.2. The second-order valence-electron chi connectivity index (χ2n) is 9.93. The normalized spacial score (nSPS) is 12.1. The Morgan fingerprint density at radius 3 is 2.15 bits per heavy atom. The van der Waals surface area contributed by atoms with Gasteiger partial charge in [-0.25, -0.2) is 8.42 Å². The lowest BCUT2D eigenvalue weighted by Crippen LogP contribution is -2.53. The minimum atomic E-state index is -3.86. The van der Waals surface area contributed by atoms with Crippen molar-refractivity contribution in [3.8, 4) is 5.75 Å². The van der Waals surface area contributed by atoms with Crippen LogP contribution in [0.2, 0.25) is 5.02 Å². The SMILES string of the molecule is COc1ccc(N(CC(=O)N(Cc2ccccc2Cl)C(Cc2ccccc2)C(=O)NCC(C)C)S(C)(=O)=O)cc1. The van der Waals surface area contributed by atoms with Crippen LogP contribution in [0.25, 0.3) is 0 Å². The Bertz CT molecular complexity index is 1380. The zero-order valence-corrected chi connectivity index (χ0v) is 24.8. The number of methoxy groups -OCH3 is 1. The predicted octanol–water partition coefficient (Wildman–Crippen LogP) is 4.53. The smallest absolute Gasteiger partial charge is 0.244 e. The Kier molecular flexibility index (Phi) is 11.0. The van der Waals surface area contributed by atoms with Gasteiger partial charge in [0.15, 0.2) is 0 Å². The number of carbonyl (C=O) groups excluding carboxylic acids is 2. The summed E-state index contributed by atoms with van der Waals surface area (Å²) in [5, 5.41) is 3.40. The summed E-state index contributed by atoms with van der Waals surface area (Å²) in [6, 6.07) is 21.9. The van der Waals surface area contributed by atoms with E-state index in [4.69, 9.17) is 16.3 Å². The van der Waals surface area contributed by atoms with E-state index in [0.717, 1.165) is 16.1 Å². The summed E-state index contributed by atoms with van der Waals surface area (Å²) in [4.78, 5) is 29.1. The minimum absolute atomic E-state index is 0.0192. The molecule has 0 fully saturated rings. The van der Waals surface area contributed by atoms with Crippen LogP contribution in [0.4, 0.5) is 5.69 Å². The van der Waals surface area contributed by atoms with E-state index >= 15 is 0 Å². The van der Waals surface area contributed by atoms with Crippen LogP contribution in [0, 0.1) is 5.92 Å². The first kappa shape index (κ1) is 31.0. The molecular weight excluding hydrogens is 550 g/mol. The fourth-order valence-corrected chi connectivity index (χ4v) is 5.19. The first-order chi connectivity index (χ1) is 19.0. The Hall–Kier alpha value is -3.56. The van der Waals surface area contributed by atoms with E-state index in [1.165, 1.54) is 12.0 Å². The number of hydrogen-bond donors (Lipinski definition) is 1. The largest absolute Gasteiger partial charge is 0.497 e. The molecule has 2 amide bonds. The maximum absolute atomic E-state index is 14.1. The van der Waals surface area contributed by atoms with E-state index < -0.39 is 28.5 Å². The lowest BCUT2D eigenvalue weighted by molar-refractivity contribution is -0.140. The summed E-state index contributed by atoms with van der Waals surface area (Å²) in [6.07, 6.45) is 1.28. The predicted molar refractivity (Wildman–Crippen MR) is 159 cm³/mol. The number of amides is 2. The van der Waals surface area contributed by atoms with Gasteiger partial charge in [-0.05, 0) is 47.4 Å². The van der Waals surface area contributed by atoms with Crippen LogP contribution < -0.4 is 14.4 Å². The third kappa shape index (κ3) is 8.72. The number of anilines is 1. The average molecular weight is 586 g/mol. The fourth-order valence-electron chi connectivity index (χ4n) is 4.15. The second kappa shape index (κ2) is 14.2. The zero-order valence-electron chi connectivity index (χ0n) is 23.2. The van der Waals surface area contributed by atoms with E-state index in [9.17, 15) is 18.0 Å². The molecule has 1 atom stereocenters. The van der Waals surface area contributed by atoms with Gasteiger partial charge in [0.05, 0.1) is 19.1 Å². The molecule has 214 valence electrons. The van der Waals surface area contributed by atoms with Gasteiger partial charge in [-0.3, -0.25) is 13.9 Å². The molecule has 8 nitrogen and oxygen atoms in total. The standard InChI is InChI=1S/C30H36ClN3O5S/c1-22(2)19-32-30(36)28(18-23-10-6-5-7-11-23)33(20-24-12-8-9-13-27(24)31)29(35)21-34(40(4,37)38)25-14-16-26(39-3)17-15-25/h5-17,22,28H,18-21H2,1-4H3,(H,32,36).